The van der Waals surface area contributed by atoms with E-state index in [1.807, 2.05) is 24.3 Å². The average molecular weight is 333 g/mol. The molecule has 5 heteroatoms. The fourth-order valence-electron chi connectivity index (χ4n) is 3.19. The minimum atomic E-state index is -0.466. The van der Waals surface area contributed by atoms with Gasteiger partial charge in [0.1, 0.15) is 0 Å². The van der Waals surface area contributed by atoms with Gasteiger partial charge in [0, 0.05) is 22.2 Å². The van der Waals surface area contributed by atoms with Crippen LogP contribution in [-0.2, 0) is 4.74 Å². The molecule has 0 bridgehead atoms. The lowest BCUT2D eigenvalue weighted by Gasteiger charge is -2.41. The Morgan fingerprint density at radius 3 is 2.52 bits per heavy atom. The highest BCUT2D eigenvalue weighted by atomic mass is 35.5. The summed E-state index contributed by atoms with van der Waals surface area (Å²) in [5.74, 6) is 0.321. The molecule has 1 unspecified atom stereocenters. The Labute approximate surface area is 141 Å². The zero-order valence-corrected chi connectivity index (χ0v) is 14.1. The molecule has 3 rings (SSSR count). The van der Waals surface area contributed by atoms with Crippen molar-refractivity contribution >= 4 is 23.5 Å². The molecular formula is C18H21ClN2O2. The number of amides is 2. The lowest BCUT2D eigenvalue weighted by atomic mass is 9.93. The Kier molecular flexibility index (Phi) is 4.71. The number of carbonyl (C=O) groups is 1. The van der Waals surface area contributed by atoms with Gasteiger partial charge in [-0.05, 0) is 31.9 Å². The van der Waals surface area contributed by atoms with Gasteiger partial charge in [-0.2, -0.15) is 4.99 Å². The van der Waals surface area contributed by atoms with Crippen LogP contribution in [0.1, 0.15) is 50.8 Å². The first-order chi connectivity index (χ1) is 11.1. The number of nitrogens with zero attached hydrogens (tertiary/aromatic N) is 2. The smallest absolute Gasteiger partial charge is 0.350 e. The number of ether oxygens (including phenoxy) is 1. The van der Waals surface area contributed by atoms with Crippen molar-refractivity contribution in [3.05, 3.63) is 47.0 Å². The number of halogens is 1. The molecule has 0 spiro atoms. The molecule has 0 saturated heterocycles. The maximum Gasteiger partial charge on any atom is 0.350 e. The van der Waals surface area contributed by atoms with Gasteiger partial charge < -0.3 is 4.74 Å². The van der Waals surface area contributed by atoms with Crippen molar-refractivity contribution in [1.29, 1.82) is 0 Å². The van der Waals surface area contributed by atoms with Gasteiger partial charge in [0.2, 0.25) is 12.1 Å². The van der Waals surface area contributed by atoms with Crippen LogP contribution in [0.3, 0.4) is 0 Å². The lowest BCUT2D eigenvalue weighted by molar-refractivity contribution is -0.00184. The van der Waals surface area contributed by atoms with Crippen LogP contribution in [0.15, 0.2) is 41.4 Å². The van der Waals surface area contributed by atoms with Gasteiger partial charge in [-0.25, -0.2) is 4.79 Å². The molecule has 122 valence electrons. The normalized spacial score (nSPS) is 22.5. The molecule has 23 heavy (non-hydrogen) atoms. The van der Waals surface area contributed by atoms with E-state index in [1.165, 1.54) is 6.42 Å². The van der Waals surface area contributed by atoms with Crippen molar-refractivity contribution in [3.63, 3.8) is 0 Å². The SMILES string of the molecule is C=C(C)C1=NC(=O)N(C2CCCCC2)C(c2ccc(Cl)cc2)O1. The van der Waals surface area contributed by atoms with Gasteiger partial charge in [-0.15, -0.1) is 0 Å². The fourth-order valence-corrected chi connectivity index (χ4v) is 3.32. The van der Waals surface area contributed by atoms with Crippen LogP contribution < -0.4 is 0 Å². The van der Waals surface area contributed by atoms with E-state index in [-0.39, 0.29) is 12.1 Å². The van der Waals surface area contributed by atoms with Crippen LogP contribution in [0.4, 0.5) is 4.79 Å². The molecule has 1 aliphatic carbocycles. The molecule has 1 aromatic rings. The predicted molar refractivity (Wildman–Crippen MR) is 91.6 cm³/mol. The molecule has 1 aliphatic heterocycles. The summed E-state index contributed by atoms with van der Waals surface area (Å²) in [5.41, 5.74) is 1.56. The van der Waals surface area contributed by atoms with Crippen LogP contribution in [-0.4, -0.2) is 22.9 Å². The van der Waals surface area contributed by atoms with Crippen LogP contribution >= 0.6 is 11.6 Å². The first kappa shape index (κ1) is 16.1. The second-order valence-electron chi connectivity index (χ2n) is 6.20. The lowest BCUT2D eigenvalue weighted by Crippen LogP contribution is -2.47. The van der Waals surface area contributed by atoms with E-state index in [9.17, 15) is 4.79 Å². The first-order valence-corrected chi connectivity index (χ1v) is 8.43. The Morgan fingerprint density at radius 2 is 1.91 bits per heavy atom. The quantitative estimate of drug-likeness (QED) is 0.772. The average Bonchev–Trinajstić information content (AvgIpc) is 2.55. The second kappa shape index (κ2) is 6.75. The van der Waals surface area contributed by atoms with E-state index in [4.69, 9.17) is 16.3 Å². The highest BCUT2D eigenvalue weighted by Gasteiger charge is 2.38. The van der Waals surface area contributed by atoms with Gasteiger partial charge in [-0.1, -0.05) is 49.6 Å². The van der Waals surface area contributed by atoms with E-state index < -0.39 is 6.23 Å². The van der Waals surface area contributed by atoms with Gasteiger partial charge in [0.25, 0.3) is 0 Å². The zero-order valence-electron chi connectivity index (χ0n) is 13.3. The number of benzene rings is 1. The zero-order chi connectivity index (χ0) is 16.4. The van der Waals surface area contributed by atoms with Crippen LogP contribution in [0.2, 0.25) is 5.02 Å². The number of urea groups is 1. The molecule has 1 atom stereocenters. The van der Waals surface area contributed by atoms with Gasteiger partial charge in [0.05, 0.1) is 0 Å². The summed E-state index contributed by atoms with van der Waals surface area (Å²) in [5, 5.41) is 0.661. The summed E-state index contributed by atoms with van der Waals surface area (Å²) < 4.78 is 6.02. The predicted octanol–water partition coefficient (Wildman–Crippen LogP) is 5.10. The summed E-state index contributed by atoms with van der Waals surface area (Å²) in [6, 6.07) is 7.37. The number of hydrogen-bond donors (Lipinski definition) is 0. The van der Waals surface area contributed by atoms with Gasteiger partial charge in [0.15, 0.2) is 0 Å². The molecule has 1 saturated carbocycles. The monoisotopic (exact) mass is 332 g/mol. The van der Waals surface area contributed by atoms with E-state index in [0.717, 1.165) is 31.2 Å². The highest BCUT2D eigenvalue weighted by molar-refractivity contribution is 6.30. The van der Waals surface area contributed by atoms with E-state index in [1.54, 1.807) is 11.8 Å². The number of aliphatic imine (C=N–C) groups is 1. The van der Waals surface area contributed by atoms with Gasteiger partial charge >= 0.3 is 6.03 Å². The van der Waals surface area contributed by atoms with E-state index >= 15 is 0 Å². The van der Waals surface area contributed by atoms with Crippen LogP contribution in [0.25, 0.3) is 0 Å². The van der Waals surface area contributed by atoms with Crippen LogP contribution in [0, 0.1) is 0 Å². The summed E-state index contributed by atoms with van der Waals surface area (Å²) in [4.78, 5) is 18.5. The van der Waals surface area contributed by atoms with Crippen molar-refractivity contribution in [3.8, 4) is 0 Å². The fraction of sp³-hybridized carbons (Fsp3) is 0.444. The molecule has 0 radical (unpaired) electrons. The molecule has 1 heterocycles. The summed E-state index contributed by atoms with van der Waals surface area (Å²) >= 11 is 5.98. The molecule has 2 amide bonds. The van der Waals surface area contributed by atoms with Gasteiger partial charge in [-0.3, -0.25) is 4.90 Å². The first-order valence-electron chi connectivity index (χ1n) is 8.05. The topological polar surface area (TPSA) is 41.9 Å². The molecular weight excluding hydrogens is 312 g/mol. The minimum absolute atomic E-state index is 0.173. The van der Waals surface area contributed by atoms with E-state index in [2.05, 4.69) is 11.6 Å². The summed E-state index contributed by atoms with van der Waals surface area (Å²) in [7, 11) is 0. The van der Waals surface area contributed by atoms with Crippen molar-refractivity contribution in [2.75, 3.05) is 0 Å². The summed E-state index contributed by atoms with van der Waals surface area (Å²) in [6.45, 7) is 5.64. The van der Waals surface area contributed by atoms with E-state index in [0.29, 0.717) is 16.5 Å². The standard InChI is InChI=1S/C18H21ClN2O2/c1-12(2)16-20-18(22)21(15-6-4-3-5-7-15)17(23-16)13-8-10-14(19)11-9-13/h8-11,15,17H,1,3-7H2,2H3. The van der Waals surface area contributed by atoms with Crippen molar-refractivity contribution < 1.29 is 9.53 Å². The molecule has 4 nitrogen and oxygen atoms in total. The van der Waals surface area contributed by atoms with Crippen molar-refractivity contribution in [2.45, 2.75) is 51.3 Å². The summed E-state index contributed by atoms with van der Waals surface area (Å²) in [6.07, 6.45) is 5.03. The third-order valence-corrected chi connectivity index (χ3v) is 4.63. The number of hydrogen-bond acceptors (Lipinski definition) is 2. The molecule has 0 N–H and O–H groups in total. The molecule has 0 aromatic heterocycles. The second-order valence-corrected chi connectivity index (χ2v) is 6.64. The molecule has 1 fully saturated rings. The molecule has 1 aromatic carbocycles. The Morgan fingerprint density at radius 1 is 1.26 bits per heavy atom. The maximum absolute atomic E-state index is 12.7. The maximum atomic E-state index is 12.7. The minimum Gasteiger partial charge on any atom is -0.449 e. The van der Waals surface area contributed by atoms with Crippen LogP contribution in [0.5, 0.6) is 0 Å². The third-order valence-electron chi connectivity index (χ3n) is 4.38. The Hall–Kier alpha value is -1.81. The largest absolute Gasteiger partial charge is 0.449 e. The van der Waals surface area contributed by atoms with Crippen molar-refractivity contribution in [1.82, 2.24) is 4.90 Å². The Bertz CT molecular complexity index is 633. The molecule has 2 aliphatic rings. The number of carbonyl (C=O) groups excluding carboxylic acids is 1. The van der Waals surface area contributed by atoms with Crippen molar-refractivity contribution in [2.24, 2.45) is 4.99 Å². The third kappa shape index (κ3) is 3.42. The number of rotatable bonds is 3. The highest BCUT2D eigenvalue weighted by Crippen LogP contribution is 2.35. The Balaban J connectivity index is 1.96.